The number of carbonyl (C=O) groups is 2. The Labute approximate surface area is 75.2 Å². The van der Waals surface area contributed by atoms with E-state index in [4.69, 9.17) is 0 Å². The third kappa shape index (κ3) is 5.49. The highest BCUT2D eigenvalue weighted by molar-refractivity contribution is 6.29. The normalized spacial score (nSPS) is 7.85. The van der Waals surface area contributed by atoms with Gasteiger partial charge in [-0.3, -0.25) is 0 Å². The maximum absolute atomic E-state index is 10.0. The average Bonchev–Trinajstić information content (AvgIpc) is 2.73. The van der Waals surface area contributed by atoms with Gasteiger partial charge >= 0.3 is 11.9 Å². The van der Waals surface area contributed by atoms with Crippen LogP contribution in [0.1, 0.15) is 0 Å². The van der Waals surface area contributed by atoms with Crippen molar-refractivity contribution < 1.29 is 23.5 Å². The highest BCUT2D eigenvalue weighted by Gasteiger charge is 2.11. The second-order valence-corrected chi connectivity index (χ2v) is 1.78. The van der Waals surface area contributed by atoms with Crippen molar-refractivity contribution in [3.8, 4) is 0 Å². The summed E-state index contributed by atoms with van der Waals surface area (Å²) in [6, 6.07) is 3.67. The van der Waals surface area contributed by atoms with Gasteiger partial charge in [0.1, 0.15) is 0 Å². The molecular formula is C8H10O5. The summed E-state index contributed by atoms with van der Waals surface area (Å²) in [6.07, 6.45) is 3.25. The summed E-state index contributed by atoms with van der Waals surface area (Å²) in [5, 5.41) is 0. The van der Waals surface area contributed by atoms with Crippen LogP contribution in [0.2, 0.25) is 0 Å². The number of rotatable bonds is 0. The minimum atomic E-state index is -0.979. The van der Waals surface area contributed by atoms with Crippen molar-refractivity contribution in [2.45, 2.75) is 0 Å². The van der Waals surface area contributed by atoms with E-state index in [1.165, 1.54) is 0 Å². The minimum absolute atomic E-state index is 0.979. The molecule has 0 atom stereocenters. The van der Waals surface area contributed by atoms with E-state index >= 15 is 0 Å². The fourth-order valence-electron chi connectivity index (χ4n) is 0.393. The number of methoxy groups -OCH3 is 2. The molecule has 1 aromatic heterocycles. The van der Waals surface area contributed by atoms with Gasteiger partial charge in [-0.15, -0.1) is 0 Å². The van der Waals surface area contributed by atoms with Crippen molar-refractivity contribution in [1.29, 1.82) is 0 Å². The van der Waals surface area contributed by atoms with Crippen LogP contribution >= 0.6 is 0 Å². The lowest BCUT2D eigenvalue weighted by Gasteiger charge is -1.92. The van der Waals surface area contributed by atoms with Gasteiger partial charge in [0.25, 0.3) is 0 Å². The molecule has 0 aliphatic carbocycles. The molecule has 1 heterocycles. The van der Waals surface area contributed by atoms with Gasteiger partial charge in [0, 0.05) is 0 Å². The van der Waals surface area contributed by atoms with Crippen LogP contribution in [-0.2, 0) is 19.1 Å². The van der Waals surface area contributed by atoms with Gasteiger partial charge in [0.2, 0.25) is 0 Å². The molecule has 0 fully saturated rings. The molecule has 0 aliphatic rings. The lowest BCUT2D eigenvalue weighted by atomic mass is 10.7. The smallest absolute Gasteiger partial charge is 0.417 e. The first kappa shape index (κ1) is 11.2. The van der Waals surface area contributed by atoms with Crippen LogP contribution in [0.5, 0.6) is 0 Å². The average molecular weight is 186 g/mol. The van der Waals surface area contributed by atoms with Crippen molar-refractivity contribution in [2.75, 3.05) is 14.2 Å². The highest BCUT2D eigenvalue weighted by atomic mass is 16.6. The Morgan fingerprint density at radius 2 is 1.38 bits per heavy atom. The lowest BCUT2D eigenvalue weighted by molar-refractivity contribution is -0.164. The van der Waals surface area contributed by atoms with Gasteiger partial charge in [-0.1, -0.05) is 0 Å². The first-order chi connectivity index (χ1) is 6.22. The minimum Gasteiger partial charge on any atom is -0.473 e. The van der Waals surface area contributed by atoms with Gasteiger partial charge in [0.05, 0.1) is 26.7 Å². The number of ether oxygens (including phenoxy) is 2. The molecule has 0 spiro atoms. The molecule has 1 rings (SSSR count). The molecule has 0 aliphatic heterocycles. The molecule has 5 nitrogen and oxygen atoms in total. The third-order valence-corrected chi connectivity index (χ3v) is 0.963. The van der Waals surface area contributed by atoms with E-state index in [0.717, 1.165) is 14.2 Å². The monoisotopic (exact) mass is 186 g/mol. The molecule has 0 aromatic carbocycles. The Hall–Kier alpha value is -1.78. The van der Waals surface area contributed by atoms with Gasteiger partial charge in [-0.05, 0) is 12.1 Å². The SMILES string of the molecule is COC(=O)C(=O)OC.c1ccoc1. The zero-order valence-corrected chi connectivity index (χ0v) is 7.35. The molecule has 72 valence electrons. The predicted octanol–water partition coefficient (Wildman–Crippen LogP) is 0.612. The largest absolute Gasteiger partial charge is 0.473 e. The van der Waals surface area contributed by atoms with E-state index in [2.05, 4.69) is 13.9 Å². The Bertz CT molecular complexity index is 208. The number of hydrogen-bond donors (Lipinski definition) is 0. The maximum atomic E-state index is 10.0. The molecule has 1 aromatic rings. The molecule has 0 N–H and O–H groups in total. The van der Waals surface area contributed by atoms with Crippen LogP contribution in [0.15, 0.2) is 29.1 Å². The molecule has 0 amide bonds. The standard InChI is InChI=1S/C4H6O4.C4H4O/c1-7-3(5)4(6)8-2;1-2-4-5-3-1/h1-2H3;1-4H. The lowest BCUT2D eigenvalue weighted by Crippen LogP contribution is -2.16. The van der Waals surface area contributed by atoms with Gasteiger partial charge in [0.15, 0.2) is 0 Å². The van der Waals surface area contributed by atoms with Crippen molar-refractivity contribution in [2.24, 2.45) is 0 Å². The summed E-state index contributed by atoms with van der Waals surface area (Å²) in [6.45, 7) is 0. The van der Waals surface area contributed by atoms with Crippen LogP contribution in [0.4, 0.5) is 0 Å². The van der Waals surface area contributed by atoms with E-state index in [9.17, 15) is 9.59 Å². The van der Waals surface area contributed by atoms with E-state index in [1.807, 2.05) is 12.1 Å². The van der Waals surface area contributed by atoms with Gasteiger partial charge in [-0.25, -0.2) is 9.59 Å². The van der Waals surface area contributed by atoms with Crippen molar-refractivity contribution in [3.05, 3.63) is 24.7 Å². The Kier molecular flexibility index (Phi) is 5.96. The summed E-state index contributed by atoms with van der Waals surface area (Å²) in [5.41, 5.74) is 0. The molecule has 0 saturated heterocycles. The third-order valence-electron chi connectivity index (χ3n) is 0.963. The number of esters is 2. The summed E-state index contributed by atoms with van der Waals surface area (Å²) < 4.78 is 12.6. The van der Waals surface area contributed by atoms with Crippen LogP contribution in [0.25, 0.3) is 0 Å². The van der Waals surface area contributed by atoms with Crippen LogP contribution < -0.4 is 0 Å². The molecule has 0 saturated carbocycles. The Morgan fingerprint density at radius 1 is 1.00 bits per heavy atom. The molecule has 13 heavy (non-hydrogen) atoms. The molecular weight excluding hydrogens is 176 g/mol. The maximum Gasteiger partial charge on any atom is 0.417 e. The Balaban J connectivity index is 0.000000243. The van der Waals surface area contributed by atoms with Crippen molar-refractivity contribution in [1.82, 2.24) is 0 Å². The molecule has 0 radical (unpaired) electrons. The van der Waals surface area contributed by atoms with E-state index in [0.29, 0.717) is 0 Å². The fraction of sp³-hybridized carbons (Fsp3) is 0.250. The van der Waals surface area contributed by atoms with Crippen molar-refractivity contribution >= 4 is 11.9 Å². The summed E-state index contributed by atoms with van der Waals surface area (Å²) in [4.78, 5) is 20.1. The quantitative estimate of drug-likeness (QED) is 0.438. The second kappa shape index (κ2) is 6.90. The molecule has 0 unspecified atom stereocenters. The number of hydrogen-bond acceptors (Lipinski definition) is 5. The van der Waals surface area contributed by atoms with Crippen molar-refractivity contribution in [3.63, 3.8) is 0 Å². The molecule has 0 bridgehead atoms. The summed E-state index contributed by atoms with van der Waals surface area (Å²) in [7, 11) is 2.22. The van der Waals surface area contributed by atoms with E-state index in [-0.39, 0.29) is 0 Å². The van der Waals surface area contributed by atoms with Gasteiger partial charge in [-0.2, -0.15) is 0 Å². The van der Waals surface area contributed by atoms with Gasteiger partial charge < -0.3 is 13.9 Å². The first-order valence-electron chi connectivity index (χ1n) is 3.35. The van der Waals surface area contributed by atoms with Crippen LogP contribution in [0.3, 0.4) is 0 Å². The second-order valence-electron chi connectivity index (χ2n) is 1.78. The zero-order chi connectivity index (χ0) is 10.1. The highest BCUT2D eigenvalue weighted by Crippen LogP contribution is 1.79. The topological polar surface area (TPSA) is 65.7 Å². The van der Waals surface area contributed by atoms with E-state index in [1.54, 1.807) is 12.5 Å². The fourth-order valence-corrected chi connectivity index (χ4v) is 0.393. The Morgan fingerprint density at radius 3 is 1.54 bits per heavy atom. The first-order valence-corrected chi connectivity index (χ1v) is 3.35. The summed E-state index contributed by atoms with van der Waals surface area (Å²) >= 11 is 0. The van der Waals surface area contributed by atoms with Crippen LogP contribution in [-0.4, -0.2) is 26.2 Å². The zero-order valence-electron chi connectivity index (χ0n) is 7.35. The predicted molar refractivity (Wildman–Crippen MR) is 42.7 cm³/mol. The number of carbonyl (C=O) groups excluding carboxylic acids is 2. The number of furan rings is 1. The van der Waals surface area contributed by atoms with Crippen LogP contribution in [0, 0.1) is 0 Å². The van der Waals surface area contributed by atoms with E-state index < -0.39 is 11.9 Å². The summed E-state index contributed by atoms with van der Waals surface area (Å²) in [5.74, 6) is -1.96. The molecule has 5 heteroatoms.